The highest BCUT2D eigenvalue weighted by molar-refractivity contribution is 7.11. The lowest BCUT2D eigenvalue weighted by molar-refractivity contribution is 0.476. The predicted molar refractivity (Wildman–Crippen MR) is 89.9 cm³/mol. The fourth-order valence-electron chi connectivity index (χ4n) is 2.35. The fraction of sp³-hybridized carbons (Fsp3) is 0.529. The van der Waals surface area contributed by atoms with Gasteiger partial charge in [0.25, 0.3) is 0 Å². The van der Waals surface area contributed by atoms with Crippen LogP contribution in [0.4, 0.5) is 0 Å². The Kier molecular flexibility index (Phi) is 6.33. The molecule has 0 bridgehead atoms. The van der Waals surface area contributed by atoms with Crippen molar-refractivity contribution in [2.75, 3.05) is 6.54 Å². The first-order valence-electron chi connectivity index (χ1n) is 7.74. The molecule has 3 nitrogen and oxygen atoms in total. The van der Waals surface area contributed by atoms with Gasteiger partial charge in [-0.2, -0.15) is 0 Å². The number of thiazole rings is 1. The second-order valence-corrected chi connectivity index (χ2v) is 6.79. The standard InChI is InChI=1S/C17H25N3S/c1-4-9-19-16(8-7-15-6-5-10-18-12-15)11-17-20-13(2)14(3)21-17/h5-6,10,12,16,19H,4,7-9,11H2,1-3H3. The molecule has 0 aromatic carbocycles. The molecule has 0 fully saturated rings. The van der Waals surface area contributed by atoms with Gasteiger partial charge in [0.05, 0.1) is 10.7 Å². The van der Waals surface area contributed by atoms with Crippen molar-refractivity contribution in [2.24, 2.45) is 0 Å². The lowest BCUT2D eigenvalue weighted by Crippen LogP contribution is -2.32. The molecule has 0 aliphatic rings. The van der Waals surface area contributed by atoms with Crippen LogP contribution in [0.2, 0.25) is 0 Å². The van der Waals surface area contributed by atoms with Gasteiger partial charge in [0.1, 0.15) is 0 Å². The molecule has 0 radical (unpaired) electrons. The molecule has 2 rings (SSSR count). The summed E-state index contributed by atoms with van der Waals surface area (Å²) in [5.41, 5.74) is 2.49. The maximum Gasteiger partial charge on any atom is 0.0946 e. The Morgan fingerprint density at radius 1 is 1.33 bits per heavy atom. The monoisotopic (exact) mass is 303 g/mol. The molecule has 0 spiro atoms. The normalized spacial score (nSPS) is 12.5. The van der Waals surface area contributed by atoms with Crippen molar-refractivity contribution >= 4 is 11.3 Å². The number of rotatable bonds is 8. The summed E-state index contributed by atoms with van der Waals surface area (Å²) in [6, 6.07) is 4.66. The van der Waals surface area contributed by atoms with Gasteiger partial charge in [-0.05, 0) is 51.3 Å². The van der Waals surface area contributed by atoms with E-state index in [-0.39, 0.29) is 0 Å². The number of pyridine rings is 1. The summed E-state index contributed by atoms with van der Waals surface area (Å²) in [4.78, 5) is 10.2. The lowest BCUT2D eigenvalue weighted by Gasteiger charge is -2.17. The van der Waals surface area contributed by atoms with E-state index in [2.05, 4.69) is 42.1 Å². The van der Waals surface area contributed by atoms with Crippen molar-refractivity contribution in [3.8, 4) is 0 Å². The zero-order valence-corrected chi connectivity index (χ0v) is 14.0. The number of aromatic nitrogens is 2. The van der Waals surface area contributed by atoms with Crippen LogP contribution in [0.25, 0.3) is 0 Å². The third-order valence-corrected chi connectivity index (χ3v) is 4.78. The lowest BCUT2D eigenvalue weighted by atomic mass is 10.0. The quantitative estimate of drug-likeness (QED) is 0.808. The average Bonchev–Trinajstić information content (AvgIpc) is 2.81. The fourth-order valence-corrected chi connectivity index (χ4v) is 3.36. The molecule has 2 aromatic heterocycles. The summed E-state index contributed by atoms with van der Waals surface area (Å²) in [6.45, 7) is 7.53. The maximum absolute atomic E-state index is 4.68. The Bertz CT molecular complexity index is 517. The van der Waals surface area contributed by atoms with E-state index >= 15 is 0 Å². The van der Waals surface area contributed by atoms with Gasteiger partial charge in [0, 0.05) is 29.7 Å². The Morgan fingerprint density at radius 3 is 2.81 bits per heavy atom. The average molecular weight is 303 g/mol. The topological polar surface area (TPSA) is 37.8 Å². The molecule has 21 heavy (non-hydrogen) atoms. The van der Waals surface area contributed by atoms with Gasteiger partial charge in [0.2, 0.25) is 0 Å². The molecule has 0 saturated heterocycles. The first-order valence-corrected chi connectivity index (χ1v) is 8.56. The van der Waals surface area contributed by atoms with Crippen molar-refractivity contribution in [1.82, 2.24) is 15.3 Å². The third-order valence-electron chi connectivity index (χ3n) is 3.68. The Balaban J connectivity index is 1.93. The van der Waals surface area contributed by atoms with Gasteiger partial charge in [-0.3, -0.25) is 4.98 Å². The third kappa shape index (κ3) is 5.21. The minimum Gasteiger partial charge on any atom is -0.314 e. The van der Waals surface area contributed by atoms with E-state index in [9.17, 15) is 0 Å². The van der Waals surface area contributed by atoms with Gasteiger partial charge >= 0.3 is 0 Å². The molecule has 114 valence electrons. The first kappa shape index (κ1) is 16.1. The molecular formula is C17H25N3S. The second-order valence-electron chi connectivity index (χ2n) is 5.50. The molecule has 1 atom stereocenters. The van der Waals surface area contributed by atoms with E-state index in [4.69, 9.17) is 0 Å². The van der Waals surface area contributed by atoms with E-state index in [1.165, 1.54) is 27.6 Å². The van der Waals surface area contributed by atoms with Crippen LogP contribution in [-0.4, -0.2) is 22.6 Å². The van der Waals surface area contributed by atoms with E-state index in [1.807, 2.05) is 29.8 Å². The van der Waals surface area contributed by atoms with Crippen LogP contribution in [0.3, 0.4) is 0 Å². The van der Waals surface area contributed by atoms with E-state index in [1.54, 1.807) is 0 Å². The highest BCUT2D eigenvalue weighted by Crippen LogP contribution is 2.19. The molecule has 0 aliphatic carbocycles. The number of hydrogen-bond donors (Lipinski definition) is 1. The van der Waals surface area contributed by atoms with Crippen LogP contribution < -0.4 is 5.32 Å². The molecule has 1 unspecified atom stereocenters. The Morgan fingerprint density at radius 2 is 2.19 bits per heavy atom. The summed E-state index contributed by atoms with van der Waals surface area (Å²) < 4.78 is 0. The molecule has 0 saturated carbocycles. The zero-order chi connectivity index (χ0) is 15.1. The summed E-state index contributed by atoms with van der Waals surface area (Å²) in [7, 11) is 0. The SMILES string of the molecule is CCCNC(CCc1cccnc1)Cc1nc(C)c(C)s1. The zero-order valence-electron chi connectivity index (χ0n) is 13.2. The molecule has 0 amide bonds. The largest absolute Gasteiger partial charge is 0.314 e. The van der Waals surface area contributed by atoms with Crippen molar-refractivity contribution < 1.29 is 0 Å². The van der Waals surface area contributed by atoms with Gasteiger partial charge in [0.15, 0.2) is 0 Å². The molecular weight excluding hydrogens is 278 g/mol. The number of hydrogen-bond acceptors (Lipinski definition) is 4. The maximum atomic E-state index is 4.68. The highest BCUT2D eigenvalue weighted by Gasteiger charge is 2.12. The van der Waals surface area contributed by atoms with Gasteiger partial charge in [-0.15, -0.1) is 11.3 Å². The molecule has 0 aliphatic heterocycles. The summed E-state index contributed by atoms with van der Waals surface area (Å²) in [5.74, 6) is 0. The van der Waals surface area contributed by atoms with Crippen molar-refractivity contribution in [1.29, 1.82) is 0 Å². The van der Waals surface area contributed by atoms with Crippen molar-refractivity contribution in [3.05, 3.63) is 45.7 Å². The van der Waals surface area contributed by atoms with Gasteiger partial charge < -0.3 is 5.32 Å². The van der Waals surface area contributed by atoms with Crippen molar-refractivity contribution in [2.45, 2.75) is 52.5 Å². The van der Waals surface area contributed by atoms with Crippen LogP contribution in [0, 0.1) is 13.8 Å². The number of aryl methyl sites for hydroxylation is 3. The summed E-state index contributed by atoms with van der Waals surface area (Å²) >= 11 is 1.83. The highest BCUT2D eigenvalue weighted by atomic mass is 32.1. The van der Waals surface area contributed by atoms with Crippen LogP contribution >= 0.6 is 11.3 Å². The van der Waals surface area contributed by atoms with E-state index in [0.29, 0.717) is 6.04 Å². The first-order chi connectivity index (χ1) is 10.2. The smallest absolute Gasteiger partial charge is 0.0946 e. The predicted octanol–water partition coefficient (Wildman–Crippen LogP) is 3.70. The Hall–Kier alpha value is -1.26. The minimum absolute atomic E-state index is 0.495. The molecule has 4 heteroatoms. The molecule has 2 heterocycles. The van der Waals surface area contributed by atoms with Crippen molar-refractivity contribution in [3.63, 3.8) is 0 Å². The summed E-state index contributed by atoms with van der Waals surface area (Å²) in [5, 5.41) is 4.92. The van der Waals surface area contributed by atoms with Crippen LogP contribution in [0.1, 0.15) is 40.9 Å². The number of nitrogens with one attached hydrogen (secondary N) is 1. The molecule has 2 aromatic rings. The van der Waals surface area contributed by atoms with Crippen LogP contribution in [0.5, 0.6) is 0 Å². The Labute approximate surface area is 131 Å². The van der Waals surface area contributed by atoms with E-state index in [0.717, 1.165) is 25.8 Å². The van der Waals surface area contributed by atoms with Crippen LogP contribution in [0.15, 0.2) is 24.5 Å². The van der Waals surface area contributed by atoms with Crippen LogP contribution in [-0.2, 0) is 12.8 Å². The van der Waals surface area contributed by atoms with Gasteiger partial charge in [-0.25, -0.2) is 4.98 Å². The number of nitrogens with zero attached hydrogens (tertiary/aromatic N) is 2. The summed E-state index contributed by atoms with van der Waals surface area (Å²) in [6.07, 6.45) is 8.19. The minimum atomic E-state index is 0.495. The van der Waals surface area contributed by atoms with E-state index < -0.39 is 0 Å². The second kappa shape index (κ2) is 8.25. The van der Waals surface area contributed by atoms with Gasteiger partial charge in [-0.1, -0.05) is 13.0 Å². The molecule has 1 N–H and O–H groups in total.